The van der Waals surface area contributed by atoms with Gasteiger partial charge in [0.2, 0.25) is 0 Å². The maximum absolute atomic E-state index is 11.6. The smallest absolute Gasteiger partial charge is 0.309 e. The van der Waals surface area contributed by atoms with Crippen LogP contribution in [0.3, 0.4) is 0 Å². The van der Waals surface area contributed by atoms with E-state index in [9.17, 15) is 9.59 Å². The molecule has 6 heteroatoms. The highest BCUT2D eigenvalue weighted by Gasteiger charge is 2.40. The van der Waals surface area contributed by atoms with Gasteiger partial charge in [-0.3, -0.25) is 9.59 Å². The second kappa shape index (κ2) is 5.80. The van der Waals surface area contributed by atoms with E-state index in [1.54, 1.807) is 18.2 Å². The Hall–Kier alpha value is -1.26. The van der Waals surface area contributed by atoms with Gasteiger partial charge in [0.05, 0.1) is 21.7 Å². The number of amides is 1. The molecule has 1 aliphatic carbocycles. The fourth-order valence-electron chi connectivity index (χ4n) is 1.69. The Balaban J connectivity index is 1.86. The van der Waals surface area contributed by atoms with Crippen LogP contribution in [0, 0.1) is 11.8 Å². The van der Waals surface area contributed by atoms with Crippen molar-refractivity contribution in [3.05, 3.63) is 28.2 Å². The normalized spacial score (nSPS) is 20.8. The number of hydrogen-bond donors (Lipinski definition) is 1. The molecule has 0 heterocycles. The fraction of sp³-hybridized carbons (Fsp3) is 0.385. The lowest BCUT2D eigenvalue weighted by Gasteiger charge is -2.09. The number of hydrogen-bond acceptors (Lipinski definition) is 3. The molecule has 1 fully saturated rings. The molecule has 1 aromatic rings. The van der Waals surface area contributed by atoms with Gasteiger partial charge in [-0.25, -0.2) is 0 Å². The molecule has 0 spiro atoms. The highest BCUT2D eigenvalue weighted by atomic mass is 35.5. The van der Waals surface area contributed by atoms with Crippen LogP contribution < -0.4 is 5.32 Å². The largest absolute Gasteiger partial charge is 0.455 e. The highest BCUT2D eigenvalue weighted by molar-refractivity contribution is 6.39. The average molecular weight is 302 g/mol. The molecule has 0 aliphatic heterocycles. The zero-order valence-corrected chi connectivity index (χ0v) is 11.8. The van der Waals surface area contributed by atoms with Crippen molar-refractivity contribution in [1.29, 1.82) is 0 Å². The molecule has 0 bridgehead atoms. The van der Waals surface area contributed by atoms with Crippen molar-refractivity contribution < 1.29 is 14.3 Å². The van der Waals surface area contributed by atoms with E-state index in [1.807, 2.05) is 6.92 Å². The molecule has 2 atom stereocenters. The summed E-state index contributed by atoms with van der Waals surface area (Å²) in [5.41, 5.74) is 0.326. The first kappa shape index (κ1) is 14.2. The molecule has 19 heavy (non-hydrogen) atoms. The first-order valence-electron chi connectivity index (χ1n) is 5.89. The molecule has 1 amide bonds. The molecule has 0 saturated heterocycles. The van der Waals surface area contributed by atoms with Crippen molar-refractivity contribution in [3.8, 4) is 0 Å². The number of carbonyl (C=O) groups excluding carboxylic acids is 2. The maximum Gasteiger partial charge on any atom is 0.309 e. The van der Waals surface area contributed by atoms with Crippen molar-refractivity contribution >= 4 is 40.8 Å². The minimum Gasteiger partial charge on any atom is -0.455 e. The summed E-state index contributed by atoms with van der Waals surface area (Å²) in [6.45, 7) is 1.64. The van der Waals surface area contributed by atoms with Crippen LogP contribution in [0.15, 0.2) is 18.2 Å². The van der Waals surface area contributed by atoms with E-state index in [2.05, 4.69) is 5.32 Å². The quantitative estimate of drug-likeness (QED) is 0.869. The molecule has 4 nitrogen and oxygen atoms in total. The Morgan fingerprint density at radius 1 is 1.37 bits per heavy atom. The Bertz CT molecular complexity index is 498. The maximum atomic E-state index is 11.6. The number of anilines is 1. The van der Waals surface area contributed by atoms with Gasteiger partial charge in [0.15, 0.2) is 6.61 Å². The van der Waals surface area contributed by atoms with Gasteiger partial charge < -0.3 is 10.1 Å². The molecule has 1 N–H and O–H groups in total. The molecule has 2 rings (SSSR count). The number of nitrogens with one attached hydrogen (secondary N) is 1. The predicted octanol–water partition coefficient (Wildman–Crippen LogP) is 3.13. The lowest BCUT2D eigenvalue weighted by atomic mass is 10.3. The van der Waals surface area contributed by atoms with Crippen LogP contribution in [0.2, 0.25) is 10.0 Å². The van der Waals surface area contributed by atoms with Gasteiger partial charge >= 0.3 is 5.97 Å². The zero-order chi connectivity index (χ0) is 14.0. The summed E-state index contributed by atoms with van der Waals surface area (Å²) in [5.74, 6) is -0.491. The third kappa shape index (κ3) is 3.61. The molecule has 1 saturated carbocycles. The van der Waals surface area contributed by atoms with Crippen LogP contribution in [0.25, 0.3) is 0 Å². The third-order valence-corrected chi connectivity index (χ3v) is 3.61. The average Bonchev–Trinajstić information content (AvgIpc) is 3.08. The second-order valence-corrected chi connectivity index (χ2v) is 5.39. The molecular formula is C13H13Cl2NO3. The van der Waals surface area contributed by atoms with Crippen LogP contribution in [-0.2, 0) is 14.3 Å². The van der Waals surface area contributed by atoms with E-state index in [0.717, 1.165) is 6.42 Å². The van der Waals surface area contributed by atoms with E-state index in [4.69, 9.17) is 27.9 Å². The number of rotatable bonds is 4. The van der Waals surface area contributed by atoms with Crippen molar-refractivity contribution in [2.75, 3.05) is 11.9 Å². The van der Waals surface area contributed by atoms with Crippen LogP contribution in [0.1, 0.15) is 13.3 Å². The molecule has 1 aliphatic rings. The number of para-hydroxylation sites is 1. The lowest BCUT2D eigenvalue weighted by molar-refractivity contribution is -0.148. The SMILES string of the molecule is C[C@H]1C[C@H]1C(=O)OCC(=O)Nc1c(Cl)cccc1Cl. The van der Waals surface area contributed by atoms with Crippen molar-refractivity contribution in [3.63, 3.8) is 0 Å². The molecule has 102 valence electrons. The number of carbonyl (C=O) groups is 2. The Morgan fingerprint density at radius 3 is 2.47 bits per heavy atom. The summed E-state index contributed by atoms with van der Waals surface area (Å²) in [7, 11) is 0. The number of benzene rings is 1. The van der Waals surface area contributed by atoms with Gasteiger partial charge in [0.25, 0.3) is 5.91 Å². The highest BCUT2D eigenvalue weighted by Crippen LogP contribution is 2.38. The van der Waals surface area contributed by atoms with Crippen LogP contribution in [0.4, 0.5) is 5.69 Å². The molecule has 1 aromatic carbocycles. The van der Waals surface area contributed by atoms with Crippen molar-refractivity contribution in [2.24, 2.45) is 11.8 Å². The molecule has 0 aromatic heterocycles. The number of esters is 1. The van der Waals surface area contributed by atoms with Gasteiger partial charge in [-0.05, 0) is 24.5 Å². The number of halogens is 2. The summed E-state index contributed by atoms with van der Waals surface area (Å²) >= 11 is 11.8. The molecule has 0 radical (unpaired) electrons. The summed E-state index contributed by atoms with van der Waals surface area (Å²) in [4.78, 5) is 23.1. The zero-order valence-electron chi connectivity index (χ0n) is 10.3. The second-order valence-electron chi connectivity index (χ2n) is 4.57. The van der Waals surface area contributed by atoms with Gasteiger partial charge in [-0.1, -0.05) is 36.2 Å². The Kier molecular flexibility index (Phi) is 4.32. The Labute approximate surface area is 121 Å². The molecule has 0 unspecified atom stereocenters. The summed E-state index contributed by atoms with van der Waals surface area (Å²) < 4.78 is 4.91. The van der Waals surface area contributed by atoms with Gasteiger partial charge in [-0.15, -0.1) is 0 Å². The predicted molar refractivity (Wildman–Crippen MR) is 73.3 cm³/mol. The first-order chi connectivity index (χ1) is 8.99. The molecular weight excluding hydrogens is 289 g/mol. The van der Waals surface area contributed by atoms with E-state index < -0.39 is 5.91 Å². The van der Waals surface area contributed by atoms with E-state index in [-0.39, 0.29) is 18.5 Å². The summed E-state index contributed by atoms with van der Waals surface area (Å²) in [5, 5.41) is 3.20. The third-order valence-electron chi connectivity index (χ3n) is 2.98. The Morgan fingerprint density at radius 2 is 1.95 bits per heavy atom. The number of ether oxygens (including phenoxy) is 1. The van der Waals surface area contributed by atoms with E-state index >= 15 is 0 Å². The fourth-order valence-corrected chi connectivity index (χ4v) is 2.18. The van der Waals surface area contributed by atoms with E-state index in [0.29, 0.717) is 21.7 Å². The van der Waals surface area contributed by atoms with E-state index in [1.165, 1.54) is 0 Å². The summed E-state index contributed by atoms with van der Waals surface area (Å²) in [6, 6.07) is 4.90. The van der Waals surface area contributed by atoms with Crippen molar-refractivity contribution in [1.82, 2.24) is 0 Å². The van der Waals surface area contributed by atoms with Gasteiger partial charge in [0, 0.05) is 0 Å². The minimum absolute atomic E-state index is 0.0586. The summed E-state index contributed by atoms with van der Waals surface area (Å²) in [6.07, 6.45) is 0.830. The lowest BCUT2D eigenvalue weighted by Crippen LogP contribution is -2.22. The van der Waals surface area contributed by atoms with Crippen molar-refractivity contribution in [2.45, 2.75) is 13.3 Å². The van der Waals surface area contributed by atoms with Gasteiger partial charge in [0.1, 0.15) is 0 Å². The standard InChI is InChI=1S/C13H13Cl2NO3/c1-7-5-8(7)13(18)19-6-11(17)16-12-9(14)3-2-4-10(12)15/h2-4,7-8H,5-6H2,1H3,(H,16,17)/t7-,8+/m0/s1. The monoisotopic (exact) mass is 301 g/mol. The van der Waals surface area contributed by atoms with Gasteiger partial charge in [-0.2, -0.15) is 0 Å². The topological polar surface area (TPSA) is 55.4 Å². The minimum atomic E-state index is -0.461. The van der Waals surface area contributed by atoms with Crippen LogP contribution in [-0.4, -0.2) is 18.5 Å². The first-order valence-corrected chi connectivity index (χ1v) is 6.65. The van der Waals surface area contributed by atoms with Crippen LogP contribution >= 0.6 is 23.2 Å². The van der Waals surface area contributed by atoms with Crippen LogP contribution in [0.5, 0.6) is 0 Å².